The molecule has 0 aromatic carbocycles. The zero-order valence-electron chi connectivity index (χ0n) is 6.95. The van der Waals surface area contributed by atoms with E-state index < -0.39 is 6.61 Å². The van der Waals surface area contributed by atoms with Crippen LogP contribution in [0.2, 0.25) is 0 Å². The van der Waals surface area contributed by atoms with E-state index in [2.05, 4.69) is 4.98 Å². The number of likely N-dealkylation sites (N-methyl/N-ethyl adjacent to an activating group) is 1. The highest BCUT2D eigenvalue weighted by Crippen LogP contribution is 2.00. The Balaban J connectivity index is 2.47. The molecule has 1 amide bonds. The number of carbonyl (C=O) groups excluding carboxylic acids is 1. The largest absolute Gasteiger partial charge is 0.387 e. The summed E-state index contributed by atoms with van der Waals surface area (Å²) in [5.74, 6) is -0.267. The van der Waals surface area contributed by atoms with Crippen LogP contribution in [0.25, 0.3) is 0 Å². The number of carbonyl (C=O) groups is 1. The van der Waals surface area contributed by atoms with E-state index in [4.69, 9.17) is 5.11 Å². The molecule has 0 fully saturated rings. The van der Waals surface area contributed by atoms with Crippen LogP contribution in [0.4, 0.5) is 0 Å². The van der Waals surface area contributed by atoms with Gasteiger partial charge < -0.3 is 15.0 Å². The summed E-state index contributed by atoms with van der Waals surface area (Å²) in [6.45, 7) is 0.101. The Morgan fingerprint density at radius 3 is 3.00 bits per heavy atom. The molecule has 1 heterocycles. The second kappa shape index (κ2) is 3.92. The van der Waals surface area contributed by atoms with Crippen molar-refractivity contribution in [3.8, 4) is 0 Å². The molecule has 1 rings (SSSR count). The van der Waals surface area contributed by atoms with Gasteiger partial charge in [-0.15, -0.1) is 0 Å². The molecule has 0 aliphatic rings. The lowest BCUT2D eigenvalue weighted by Gasteiger charge is -2.14. The Labute approximate surface area is 70.8 Å². The van der Waals surface area contributed by atoms with Crippen LogP contribution in [0.1, 0.15) is 5.56 Å². The van der Waals surface area contributed by atoms with E-state index >= 15 is 0 Å². The summed E-state index contributed by atoms with van der Waals surface area (Å²) >= 11 is 0. The van der Waals surface area contributed by atoms with Crippen molar-refractivity contribution in [3.63, 3.8) is 0 Å². The first-order valence-electron chi connectivity index (χ1n) is 3.70. The number of rotatable bonds is 3. The maximum Gasteiger partial charge on any atom is 0.248 e. The third-order valence-corrected chi connectivity index (χ3v) is 1.64. The molecule has 12 heavy (non-hydrogen) atoms. The standard InChI is InChI=1S/C8H12N2O2/c1-10(8(12)6-11)5-7-2-3-9-4-7/h2-4,9,11H,5-6H2,1H3. The van der Waals surface area contributed by atoms with Crippen molar-refractivity contribution in [2.75, 3.05) is 13.7 Å². The molecule has 0 saturated heterocycles. The normalized spacial score (nSPS) is 9.83. The van der Waals surface area contributed by atoms with E-state index in [1.54, 1.807) is 13.2 Å². The molecule has 0 atom stereocenters. The predicted molar refractivity (Wildman–Crippen MR) is 44.4 cm³/mol. The summed E-state index contributed by atoms with van der Waals surface area (Å²) in [5, 5.41) is 8.53. The molecule has 0 spiro atoms. The number of aromatic amines is 1. The van der Waals surface area contributed by atoms with E-state index in [1.807, 2.05) is 12.3 Å². The van der Waals surface area contributed by atoms with Crippen LogP contribution in [0.15, 0.2) is 18.5 Å². The highest BCUT2D eigenvalue weighted by atomic mass is 16.3. The van der Waals surface area contributed by atoms with Crippen molar-refractivity contribution in [3.05, 3.63) is 24.0 Å². The topological polar surface area (TPSA) is 56.3 Å². The first kappa shape index (κ1) is 8.80. The van der Waals surface area contributed by atoms with E-state index in [9.17, 15) is 4.79 Å². The molecule has 0 aliphatic carbocycles. The molecule has 0 aliphatic heterocycles. The van der Waals surface area contributed by atoms with Crippen molar-refractivity contribution in [1.82, 2.24) is 9.88 Å². The van der Waals surface area contributed by atoms with E-state index in [-0.39, 0.29) is 5.91 Å². The van der Waals surface area contributed by atoms with Crippen molar-refractivity contribution in [2.45, 2.75) is 6.54 Å². The number of aliphatic hydroxyl groups excluding tert-OH is 1. The fraction of sp³-hybridized carbons (Fsp3) is 0.375. The van der Waals surface area contributed by atoms with Gasteiger partial charge >= 0.3 is 0 Å². The number of hydrogen-bond acceptors (Lipinski definition) is 2. The van der Waals surface area contributed by atoms with Gasteiger partial charge in [0.05, 0.1) is 0 Å². The van der Waals surface area contributed by atoms with Crippen LogP contribution in [-0.2, 0) is 11.3 Å². The molecule has 2 N–H and O–H groups in total. The zero-order valence-corrected chi connectivity index (χ0v) is 6.95. The fourth-order valence-electron chi connectivity index (χ4n) is 0.940. The van der Waals surface area contributed by atoms with Gasteiger partial charge in [-0.25, -0.2) is 0 Å². The SMILES string of the molecule is CN(Cc1cc[nH]c1)C(=O)CO. The first-order valence-corrected chi connectivity index (χ1v) is 3.70. The molecule has 0 radical (unpaired) electrons. The van der Waals surface area contributed by atoms with Gasteiger partial charge in [-0.3, -0.25) is 4.79 Å². The van der Waals surface area contributed by atoms with Gasteiger partial charge in [0, 0.05) is 26.0 Å². The van der Waals surface area contributed by atoms with Gasteiger partial charge in [-0.1, -0.05) is 0 Å². The van der Waals surface area contributed by atoms with E-state index in [0.29, 0.717) is 6.54 Å². The number of amides is 1. The summed E-state index contributed by atoms with van der Waals surface area (Å²) in [6, 6.07) is 1.89. The lowest BCUT2D eigenvalue weighted by atomic mass is 10.3. The Morgan fingerprint density at radius 1 is 1.75 bits per heavy atom. The van der Waals surface area contributed by atoms with Crippen molar-refractivity contribution in [2.24, 2.45) is 0 Å². The quantitative estimate of drug-likeness (QED) is 0.665. The second-order valence-corrected chi connectivity index (χ2v) is 2.63. The van der Waals surface area contributed by atoms with Gasteiger partial charge in [0.2, 0.25) is 5.91 Å². The minimum atomic E-state index is -0.430. The zero-order chi connectivity index (χ0) is 8.97. The average molecular weight is 168 g/mol. The Hall–Kier alpha value is -1.29. The lowest BCUT2D eigenvalue weighted by molar-refractivity contribution is -0.133. The molecule has 66 valence electrons. The van der Waals surface area contributed by atoms with Crippen molar-refractivity contribution < 1.29 is 9.90 Å². The number of aromatic nitrogens is 1. The van der Waals surface area contributed by atoms with Gasteiger partial charge in [0.25, 0.3) is 0 Å². The number of nitrogens with one attached hydrogen (secondary N) is 1. The third kappa shape index (κ3) is 2.10. The highest BCUT2D eigenvalue weighted by molar-refractivity contribution is 5.76. The monoisotopic (exact) mass is 168 g/mol. The Bertz CT molecular complexity index is 244. The van der Waals surface area contributed by atoms with Crippen molar-refractivity contribution in [1.29, 1.82) is 0 Å². The molecule has 4 nitrogen and oxygen atoms in total. The summed E-state index contributed by atoms with van der Waals surface area (Å²) in [4.78, 5) is 15.3. The summed E-state index contributed by atoms with van der Waals surface area (Å²) in [5.41, 5.74) is 1.03. The van der Waals surface area contributed by atoms with Crippen LogP contribution in [0.3, 0.4) is 0 Å². The minimum absolute atomic E-state index is 0.267. The molecular formula is C8H12N2O2. The molecule has 4 heteroatoms. The predicted octanol–water partition coefficient (Wildman–Crippen LogP) is -0.0346. The van der Waals surface area contributed by atoms with Crippen LogP contribution in [0.5, 0.6) is 0 Å². The Kier molecular flexibility index (Phi) is 2.88. The van der Waals surface area contributed by atoms with Crippen LogP contribution < -0.4 is 0 Å². The maximum atomic E-state index is 10.9. The first-order chi connectivity index (χ1) is 5.74. The highest BCUT2D eigenvalue weighted by Gasteiger charge is 2.06. The summed E-state index contributed by atoms with van der Waals surface area (Å²) in [7, 11) is 1.66. The van der Waals surface area contributed by atoms with E-state index in [0.717, 1.165) is 5.56 Å². The summed E-state index contributed by atoms with van der Waals surface area (Å²) < 4.78 is 0. The Morgan fingerprint density at radius 2 is 2.50 bits per heavy atom. The van der Waals surface area contributed by atoms with Gasteiger partial charge in [0.1, 0.15) is 6.61 Å². The minimum Gasteiger partial charge on any atom is -0.387 e. The van der Waals surface area contributed by atoms with Gasteiger partial charge in [-0.2, -0.15) is 0 Å². The number of nitrogens with zero attached hydrogens (tertiary/aromatic N) is 1. The second-order valence-electron chi connectivity index (χ2n) is 2.63. The maximum absolute atomic E-state index is 10.9. The molecule has 0 bridgehead atoms. The van der Waals surface area contributed by atoms with E-state index in [1.165, 1.54) is 4.90 Å². The molecule has 0 saturated carbocycles. The number of hydrogen-bond donors (Lipinski definition) is 2. The number of aliphatic hydroxyl groups is 1. The van der Waals surface area contributed by atoms with Crippen LogP contribution in [0, 0.1) is 0 Å². The fourth-order valence-corrected chi connectivity index (χ4v) is 0.940. The average Bonchev–Trinajstić information content (AvgIpc) is 2.55. The van der Waals surface area contributed by atoms with Crippen LogP contribution in [-0.4, -0.2) is 34.6 Å². The lowest BCUT2D eigenvalue weighted by Crippen LogP contribution is -2.28. The molecule has 1 aromatic heterocycles. The smallest absolute Gasteiger partial charge is 0.248 e. The molecule has 0 unspecified atom stereocenters. The van der Waals surface area contributed by atoms with Crippen LogP contribution >= 0.6 is 0 Å². The molecule has 1 aromatic rings. The number of H-pyrrole nitrogens is 1. The summed E-state index contributed by atoms with van der Waals surface area (Å²) in [6.07, 6.45) is 3.62. The third-order valence-electron chi connectivity index (χ3n) is 1.64. The van der Waals surface area contributed by atoms with Gasteiger partial charge in [-0.05, 0) is 11.6 Å². The van der Waals surface area contributed by atoms with Gasteiger partial charge in [0.15, 0.2) is 0 Å². The van der Waals surface area contributed by atoms with Crippen molar-refractivity contribution >= 4 is 5.91 Å². The molecular weight excluding hydrogens is 156 g/mol.